The second-order valence-electron chi connectivity index (χ2n) is 6.00. The van der Waals surface area contributed by atoms with Crippen molar-refractivity contribution in [3.63, 3.8) is 0 Å². The highest BCUT2D eigenvalue weighted by atomic mass is 16.7. The Labute approximate surface area is 143 Å². The molecule has 132 valence electrons. The minimum Gasteiger partial charge on any atom is -0.445 e. The number of benzene rings is 1. The third kappa shape index (κ3) is 4.26. The summed E-state index contributed by atoms with van der Waals surface area (Å²) >= 11 is 0. The average molecular weight is 334 g/mol. The smallest absolute Gasteiger partial charge is 0.411 e. The zero-order valence-electron chi connectivity index (χ0n) is 14.6. The van der Waals surface area contributed by atoms with Crippen LogP contribution in [0, 0.1) is 0 Å². The number of hydrogen-bond donors (Lipinski definition) is 0. The van der Waals surface area contributed by atoms with Crippen molar-refractivity contribution in [1.29, 1.82) is 0 Å². The van der Waals surface area contributed by atoms with Crippen molar-refractivity contribution < 1.29 is 19.2 Å². The monoisotopic (exact) mass is 334 g/mol. The van der Waals surface area contributed by atoms with Gasteiger partial charge >= 0.3 is 6.09 Å². The molecule has 1 aromatic carbocycles. The van der Waals surface area contributed by atoms with Gasteiger partial charge < -0.3 is 4.74 Å². The number of carbonyl (C=O) groups excluding carboxylic acids is 2. The van der Waals surface area contributed by atoms with Gasteiger partial charge in [-0.3, -0.25) is 14.5 Å². The maximum atomic E-state index is 12.6. The molecule has 1 saturated heterocycles. The highest BCUT2D eigenvalue weighted by Crippen LogP contribution is 2.29. The second-order valence-corrected chi connectivity index (χ2v) is 6.00. The molecule has 1 aliphatic heterocycles. The lowest BCUT2D eigenvalue weighted by Crippen LogP contribution is -2.49. The van der Waals surface area contributed by atoms with E-state index >= 15 is 0 Å². The number of likely N-dealkylation sites (N-methyl/N-ethyl adjacent to an activating group) is 1. The molecule has 1 heterocycles. The van der Waals surface area contributed by atoms with Crippen LogP contribution in [0.4, 0.5) is 4.79 Å². The van der Waals surface area contributed by atoms with Gasteiger partial charge in [-0.2, -0.15) is 0 Å². The number of ether oxygens (including phenoxy) is 1. The molecule has 0 aromatic heterocycles. The zero-order chi connectivity index (χ0) is 17.5. The van der Waals surface area contributed by atoms with Crippen LogP contribution in [0.1, 0.15) is 38.2 Å². The fourth-order valence-corrected chi connectivity index (χ4v) is 3.11. The van der Waals surface area contributed by atoms with E-state index in [9.17, 15) is 9.59 Å². The van der Waals surface area contributed by atoms with Gasteiger partial charge in [0.2, 0.25) is 0 Å². The molecule has 2 atom stereocenters. The minimum atomic E-state index is -0.519. The lowest BCUT2D eigenvalue weighted by atomic mass is 10.1. The SMILES string of the molecule is CCC[C@H]1CC[C@@H](C(=O)N(C)OC)N1C(=O)OCc1ccccc1. The molecule has 1 fully saturated rings. The van der Waals surface area contributed by atoms with E-state index < -0.39 is 12.1 Å². The Bertz CT molecular complexity index is 549. The summed E-state index contributed by atoms with van der Waals surface area (Å²) in [5.74, 6) is -0.215. The number of rotatable bonds is 6. The van der Waals surface area contributed by atoms with E-state index in [1.165, 1.54) is 12.2 Å². The van der Waals surface area contributed by atoms with Crippen molar-refractivity contribution in [2.45, 2.75) is 51.3 Å². The van der Waals surface area contributed by atoms with Crippen molar-refractivity contribution in [3.8, 4) is 0 Å². The maximum Gasteiger partial charge on any atom is 0.411 e. The summed E-state index contributed by atoms with van der Waals surface area (Å²) in [6, 6.07) is 9.05. The lowest BCUT2D eigenvalue weighted by Gasteiger charge is -2.30. The molecule has 0 bridgehead atoms. The van der Waals surface area contributed by atoms with Crippen molar-refractivity contribution in [1.82, 2.24) is 9.96 Å². The predicted molar refractivity (Wildman–Crippen MR) is 90.0 cm³/mol. The summed E-state index contributed by atoms with van der Waals surface area (Å²) < 4.78 is 5.46. The molecule has 6 heteroatoms. The first kappa shape index (κ1) is 18.3. The molecule has 0 unspecified atom stereocenters. The highest BCUT2D eigenvalue weighted by molar-refractivity contribution is 5.85. The van der Waals surface area contributed by atoms with Crippen molar-refractivity contribution in [2.75, 3.05) is 14.2 Å². The molecular formula is C18H26N2O4. The predicted octanol–water partition coefficient (Wildman–Crippen LogP) is 2.98. The van der Waals surface area contributed by atoms with Gasteiger partial charge in [0.05, 0.1) is 7.11 Å². The fraction of sp³-hybridized carbons (Fsp3) is 0.556. The van der Waals surface area contributed by atoms with Crippen LogP contribution in [0.15, 0.2) is 30.3 Å². The Kier molecular flexibility index (Phi) is 6.61. The van der Waals surface area contributed by atoms with Gasteiger partial charge in [-0.25, -0.2) is 9.86 Å². The summed E-state index contributed by atoms with van der Waals surface area (Å²) in [4.78, 5) is 31.7. The molecular weight excluding hydrogens is 308 g/mol. The van der Waals surface area contributed by atoms with E-state index in [4.69, 9.17) is 9.57 Å². The van der Waals surface area contributed by atoms with Crippen molar-refractivity contribution in [3.05, 3.63) is 35.9 Å². The average Bonchev–Trinajstić information content (AvgIpc) is 3.03. The van der Waals surface area contributed by atoms with Crippen LogP contribution in [0.25, 0.3) is 0 Å². The number of amides is 2. The molecule has 0 N–H and O–H groups in total. The van der Waals surface area contributed by atoms with Crippen LogP contribution in [0.5, 0.6) is 0 Å². The van der Waals surface area contributed by atoms with Crippen LogP contribution in [0.2, 0.25) is 0 Å². The summed E-state index contributed by atoms with van der Waals surface area (Å²) in [5.41, 5.74) is 0.925. The number of carbonyl (C=O) groups is 2. The van der Waals surface area contributed by atoms with Crippen LogP contribution in [-0.2, 0) is 21.0 Å². The fourth-order valence-electron chi connectivity index (χ4n) is 3.11. The molecule has 2 rings (SSSR count). The topological polar surface area (TPSA) is 59.1 Å². The quantitative estimate of drug-likeness (QED) is 0.751. The summed E-state index contributed by atoms with van der Waals surface area (Å²) in [6.07, 6.45) is 2.83. The molecule has 1 aliphatic rings. The third-order valence-electron chi connectivity index (χ3n) is 4.41. The Morgan fingerprint density at radius 2 is 1.96 bits per heavy atom. The minimum absolute atomic E-state index is 0.0393. The molecule has 0 saturated carbocycles. The van der Waals surface area contributed by atoms with Crippen LogP contribution < -0.4 is 0 Å². The van der Waals surface area contributed by atoms with Gasteiger partial charge in [0, 0.05) is 13.1 Å². The van der Waals surface area contributed by atoms with E-state index in [2.05, 4.69) is 6.92 Å². The molecule has 6 nitrogen and oxygen atoms in total. The normalized spacial score (nSPS) is 20.0. The van der Waals surface area contributed by atoms with Crippen LogP contribution >= 0.6 is 0 Å². The number of likely N-dealkylation sites (tertiary alicyclic amines) is 1. The first-order valence-corrected chi connectivity index (χ1v) is 8.39. The molecule has 1 aromatic rings. The molecule has 0 radical (unpaired) electrons. The Balaban J connectivity index is 2.07. The van der Waals surface area contributed by atoms with E-state index in [1.54, 1.807) is 11.9 Å². The van der Waals surface area contributed by atoms with Gasteiger partial charge in [0.1, 0.15) is 12.6 Å². The van der Waals surface area contributed by atoms with Gasteiger partial charge in [0.15, 0.2) is 0 Å². The summed E-state index contributed by atoms with van der Waals surface area (Å²) in [7, 11) is 3.00. The van der Waals surface area contributed by atoms with Gasteiger partial charge in [-0.1, -0.05) is 43.7 Å². The van der Waals surface area contributed by atoms with Gasteiger partial charge in [-0.15, -0.1) is 0 Å². The lowest BCUT2D eigenvalue weighted by molar-refractivity contribution is -0.173. The van der Waals surface area contributed by atoms with E-state index in [1.807, 2.05) is 30.3 Å². The van der Waals surface area contributed by atoms with E-state index in [-0.39, 0.29) is 18.6 Å². The third-order valence-corrected chi connectivity index (χ3v) is 4.41. The Hall–Kier alpha value is -2.08. The standard InChI is InChI=1S/C18H26N2O4/c1-4-8-15-11-12-16(17(21)19(2)23-3)20(15)18(22)24-13-14-9-6-5-7-10-14/h5-7,9-10,15-16H,4,8,11-13H2,1-3H3/t15-,16-/m0/s1. The summed E-state index contributed by atoms with van der Waals surface area (Å²) in [6.45, 7) is 2.28. The largest absolute Gasteiger partial charge is 0.445 e. The Morgan fingerprint density at radius 1 is 1.25 bits per heavy atom. The highest BCUT2D eigenvalue weighted by Gasteiger charge is 2.42. The first-order valence-electron chi connectivity index (χ1n) is 8.39. The van der Waals surface area contributed by atoms with Crippen LogP contribution in [-0.4, -0.2) is 48.2 Å². The molecule has 24 heavy (non-hydrogen) atoms. The molecule has 2 amide bonds. The second kappa shape index (κ2) is 8.68. The van der Waals surface area contributed by atoms with E-state index in [0.29, 0.717) is 6.42 Å². The zero-order valence-corrected chi connectivity index (χ0v) is 14.6. The number of hydroxylamine groups is 2. The van der Waals surface area contributed by atoms with E-state index in [0.717, 1.165) is 24.8 Å². The Morgan fingerprint density at radius 3 is 2.58 bits per heavy atom. The van der Waals surface area contributed by atoms with Gasteiger partial charge in [0.25, 0.3) is 5.91 Å². The first-order chi connectivity index (χ1) is 11.6. The van der Waals surface area contributed by atoms with Crippen molar-refractivity contribution >= 4 is 12.0 Å². The number of nitrogens with zero attached hydrogens (tertiary/aromatic N) is 2. The van der Waals surface area contributed by atoms with Crippen molar-refractivity contribution in [2.24, 2.45) is 0 Å². The number of hydrogen-bond acceptors (Lipinski definition) is 4. The molecule has 0 aliphatic carbocycles. The van der Waals surface area contributed by atoms with Crippen LogP contribution in [0.3, 0.4) is 0 Å². The summed E-state index contributed by atoms with van der Waals surface area (Å²) in [5, 5.41) is 1.18. The maximum absolute atomic E-state index is 12.6. The molecule has 0 spiro atoms. The van der Waals surface area contributed by atoms with Gasteiger partial charge in [-0.05, 0) is 24.8 Å².